The maximum atomic E-state index is 10.6. The second-order valence-electron chi connectivity index (χ2n) is 3.06. The fourth-order valence-corrected chi connectivity index (χ4v) is 1.12. The fraction of sp³-hybridized carbons (Fsp3) is 0.556. The predicted octanol–water partition coefficient (Wildman–Crippen LogP) is 1.48. The molecule has 1 atom stereocenters. The first kappa shape index (κ1) is 9.77. The molecule has 1 aromatic heterocycles. The summed E-state index contributed by atoms with van der Waals surface area (Å²) < 4.78 is 9.91. The lowest BCUT2D eigenvalue weighted by atomic mass is 10.2. The summed E-state index contributed by atoms with van der Waals surface area (Å²) >= 11 is 0. The number of hydrogen-bond acceptors (Lipinski definition) is 4. The smallest absolute Gasteiger partial charge is 0.302 e. The first-order chi connectivity index (χ1) is 6.08. The van der Waals surface area contributed by atoms with Crippen molar-refractivity contribution < 1.29 is 14.1 Å². The molecular weight excluding hydrogens is 170 g/mol. The lowest BCUT2D eigenvalue weighted by Crippen LogP contribution is -2.14. The highest BCUT2D eigenvalue weighted by molar-refractivity contribution is 5.66. The van der Waals surface area contributed by atoms with E-state index in [0.29, 0.717) is 6.42 Å². The maximum absolute atomic E-state index is 10.6. The van der Waals surface area contributed by atoms with Crippen LogP contribution in [-0.2, 0) is 16.0 Å². The van der Waals surface area contributed by atoms with Gasteiger partial charge in [-0.25, -0.2) is 0 Å². The van der Waals surface area contributed by atoms with E-state index in [2.05, 4.69) is 5.16 Å². The monoisotopic (exact) mass is 183 g/mol. The number of esters is 1. The molecule has 0 unspecified atom stereocenters. The summed E-state index contributed by atoms with van der Waals surface area (Å²) in [6, 6.07) is 1.83. The van der Waals surface area contributed by atoms with Gasteiger partial charge < -0.3 is 9.26 Å². The first-order valence-corrected chi connectivity index (χ1v) is 4.17. The Morgan fingerprint density at radius 1 is 1.77 bits per heavy atom. The van der Waals surface area contributed by atoms with E-state index in [4.69, 9.17) is 9.26 Å². The highest BCUT2D eigenvalue weighted by Gasteiger charge is 2.09. The van der Waals surface area contributed by atoms with Gasteiger partial charge in [-0.15, -0.1) is 0 Å². The second kappa shape index (κ2) is 4.07. The fourth-order valence-electron chi connectivity index (χ4n) is 1.12. The van der Waals surface area contributed by atoms with Crippen LogP contribution >= 0.6 is 0 Å². The van der Waals surface area contributed by atoms with Crippen LogP contribution in [0.25, 0.3) is 0 Å². The van der Waals surface area contributed by atoms with E-state index in [1.807, 2.05) is 19.9 Å². The SMILES string of the molecule is CC(=O)O[C@@H](C)Cc1cc(C)no1. The molecule has 0 aliphatic carbocycles. The van der Waals surface area contributed by atoms with E-state index >= 15 is 0 Å². The molecule has 72 valence electrons. The van der Waals surface area contributed by atoms with Gasteiger partial charge in [0.15, 0.2) is 0 Å². The summed E-state index contributed by atoms with van der Waals surface area (Å²) in [5, 5.41) is 3.73. The quantitative estimate of drug-likeness (QED) is 0.666. The third-order valence-electron chi connectivity index (χ3n) is 1.53. The Morgan fingerprint density at radius 2 is 2.46 bits per heavy atom. The average molecular weight is 183 g/mol. The van der Waals surface area contributed by atoms with Gasteiger partial charge in [-0.1, -0.05) is 5.16 Å². The van der Waals surface area contributed by atoms with Crippen LogP contribution in [0.5, 0.6) is 0 Å². The van der Waals surface area contributed by atoms with Gasteiger partial charge in [0.25, 0.3) is 0 Å². The molecule has 4 heteroatoms. The van der Waals surface area contributed by atoms with Gasteiger partial charge in [0.1, 0.15) is 11.9 Å². The number of carbonyl (C=O) groups is 1. The van der Waals surface area contributed by atoms with Crippen molar-refractivity contribution in [1.82, 2.24) is 5.16 Å². The Bertz CT molecular complexity index is 293. The van der Waals surface area contributed by atoms with Gasteiger partial charge in [0.05, 0.1) is 5.69 Å². The molecule has 1 aromatic rings. The van der Waals surface area contributed by atoms with E-state index in [1.54, 1.807) is 0 Å². The van der Waals surface area contributed by atoms with E-state index < -0.39 is 0 Å². The van der Waals surface area contributed by atoms with E-state index in [0.717, 1.165) is 11.5 Å². The van der Waals surface area contributed by atoms with Crippen molar-refractivity contribution in [2.75, 3.05) is 0 Å². The number of ether oxygens (including phenoxy) is 1. The van der Waals surface area contributed by atoms with Crippen LogP contribution in [0, 0.1) is 6.92 Å². The van der Waals surface area contributed by atoms with Crippen LogP contribution in [0.3, 0.4) is 0 Å². The minimum absolute atomic E-state index is 0.162. The Morgan fingerprint density at radius 3 is 2.92 bits per heavy atom. The standard InChI is InChI=1S/C9H13NO3/c1-6-4-9(13-10-6)5-7(2)12-8(3)11/h4,7H,5H2,1-3H3/t7-/m0/s1. The lowest BCUT2D eigenvalue weighted by Gasteiger charge is -2.08. The summed E-state index contributed by atoms with van der Waals surface area (Å²) in [5.41, 5.74) is 0.838. The average Bonchev–Trinajstić information content (AvgIpc) is 2.33. The van der Waals surface area contributed by atoms with E-state index in [9.17, 15) is 4.79 Å². The normalized spacial score (nSPS) is 12.5. The molecule has 0 bridgehead atoms. The number of nitrogens with zero attached hydrogens (tertiary/aromatic N) is 1. The van der Waals surface area contributed by atoms with Gasteiger partial charge in [0, 0.05) is 19.4 Å². The summed E-state index contributed by atoms with van der Waals surface area (Å²) in [6.07, 6.45) is 0.408. The van der Waals surface area contributed by atoms with Gasteiger partial charge in [0.2, 0.25) is 0 Å². The first-order valence-electron chi connectivity index (χ1n) is 4.17. The Balaban J connectivity index is 2.44. The number of hydrogen-bond donors (Lipinski definition) is 0. The van der Waals surface area contributed by atoms with Crippen LogP contribution in [0.2, 0.25) is 0 Å². The second-order valence-corrected chi connectivity index (χ2v) is 3.06. The predicted molar refractivity (Wildman–Crippen MR) is 46.2 cm³/mol. The van der Waals surface area contributed by atoms with Crippen molar-refractivity contribution >= 4 is 5.97 Å². The molecule has 13 heavy (non-hydrogen) atoms. The number of aromatic nitrogens is 1. The number of rotatable bonds is 3. The van der Waals surface area contributed by atoms with Crippen molar-refractivity contribution in [3.05, 3.63) is 17.5 Å². The highest BCUT2D eigenvalue weighted by Crippen LogP contribution is 2.07. The van der Waals surface area contributed by atoms with Gasteiger partial charge >= 0.3 is 5.97 Å². The molecular formula is C9H13NO3. The minimum atomic E-state index is -0.274. The molecule has 0 aromatic carbocycles. The number of carbonyl (C=O) groups excluding carboxylic acids is 1. The summed E-state index contributed by atoms with van der Waals surface area (Å²) in [6.45, 7) is 5.06. The van der Waals surface area contributed by atoms with Crippen molar-refractivity contribution in [2.24, 2.45) is 0 Å². The zero-order valence-corrected chi connectivity index (χ0v) is 8.03. The van der Waals surface area contributed by atoms with Crippen LogP contribution in [-0.4, -0.2) is 17.2 Å². The highest BCUT2D eigenvalue weighted by atomic mass is 16.5. The van der Waals surface area contributed by atoms with Gasteiger partial charge in [-0.3, -0.25) is 4.79 Å². The molecule has 1 heterocycles. The molecule has 0 aliphatic rings. The molecule has 1 rings (SSSR count). The molecule has 0 amide bonds. The van der Waals surface area contributed by atoms with Gasteiger partial charge in [-0.2, -0.15) is 0 Å². The van der Waals surface area contributed by atoms with Crippen molar-refractivity contribution in [1.29, 1.82) is 0 Å². The maximum Gasteiger partial charge on any atom is 0.302 e. The Hall–Kier alpha value is -1.32. The largest absolute Gasteiger partial charge is 0.462 e. The molecule has 4 nitrogen and oxygen atoms in total. The third kappa shape index (κ3) is 3.27. The summed E-state index contributed by atoms with van der Waals surface area (Å²) in [5.74, 6) is 0.468. The third-order valence-corrected chi connectivity index (χ3v) is 1.53. The van der Waals surface area contributed by atoms with E-state index in [1.165, 1.54) is 6.92 Å². The van der Waals surface area contributed by atoms with Crippen LogP contribution in [0.4, 0.5) is 0 Å². The van der Waals surface area contributed by atoms with Crippen LogP contribution in [0.1, 0.15) is 25.3 Å². The lowest BCUT2D eigenvalue weighted by molar-refractivity contribution is -0.145. The molecule has 0 radical (unpaired) electrons. The summed E-state index contributed by atoms with van der Waals surface area (Å²) in [4.78, 5) is 10.6. The molecule has 0 aliphatic heterocycles. The molecule has 0 saturated carbocycles. The topological polar surface area (TPSA) is 52.3 Å². The van der Waals surface area contributed by atoms with Crippen LogP contribution < -0.4 is 0 Å². The van der Waals surface area contributed by atoms with Crippen molar-refractivity contribution in [2.45, 2.75) is 33.3 Å². The Labute approximate surface area is 76.9 Å². The summed E-state index contributed by atoms with van der Waals surface area (Å²) in [7, 11) is 0. The molecule has 0 spiro atoms. The van der Waals surface area contributed by atoms with Crippen LogP contribution in [0.15, 0.2) is 10.6 Å². The molecule has 0 N–H and O–H groups in total. The zero-order valence-electron chi connectivity index (χ0n) is 8.03. The molecule has 0 fully saturated rings. The zero-order chi connectivity index (χ0) is 9.84. The Kier molecular flexibility index (Phi) is 3.06. The molecule has 0 saturated heterocycles. The van der Waals surface area contributed by atoms with Crippen molar-refractivity contribution in [3.8, 4) is 0 Å². The van der Waals surface area contributed by atoms with Gasteiger partial charge in [-0.05, 0) is 13.8 Å². The minimum Gasteiger partial charge on any atom is -0.462 e. The van der Waals surface area contributed by atoms with E-state index in [-0.39, 0.29) is 12.1 Å². The number of aryl methyl sites for hydroxylation is 1. The van der Waals surface area contributed by atoms with Crippen molar-refractivity contribution in [3.63, 3.8) is 0 Å².